The number of nitrogens with zero attached hydrogens (tertiary/aromatic N) is 4. The van der Waals surface area contributed by atoms with Crippen molar-refractivity contribution in [1.82, 2.24) is 14.9 Å². The summed E-state index contributed by atoms with van der Waals surface area (Å²) in [5, 5.41) is 14.2. The van der Waals surface area contributed by atoms with Crippen LogP contribution in [0.2, 0.25) is 0 Å². The van der Waals surface area contributed by atoms with Gasteiger partial charge in [0.25, 0.3) is 0 Å². The number of likely N-dealkylation sites (tertiary alicyclic amines) is 1. The third-order valence-corrected chi connectivity index (χ3v) is 5.84. The van der Waals surface area contributed by atoms with Crippen LogP contribution in [-0.4, -0.2) is 93.8 Å². The van der Waals surface area contributed by atoms with Crippen LogP contribution < -0.4 is 4.90 Å². The van der Waals surface area contributed by atoms with Gasteiger partial charge in [-0.25, -0.2) is 19.6 Å². The monoisotopic (exact) mass is 516 g/mol. The first-order chi connectivity index (χ1) is 16.2. The van der Waals surface area contributed by atoms with E-state index in [0.717, 1.165) is 38.5 Å². The number of alkyl halides is 6. The normalized spacial score (nSPS) is 22.1. The van der Waals surface area contributed by atoms with Crippen molar-refractivity contribution in [2.24, 2.45) is 0 Å². The molecule has 198 valence electrons. The topological polar surface area (TPSA) is 116 Å². The number of piperidine rings is 1. The van der Waals surface area contributed by atoms with Crippen LogP contribution in [-0.2, 0) is 14.3 Å². The van der Waals surface area contributed by atoms with E-state index in [4.69, 9.17) is 24.5 Å². The highest BCUT2D eigenvalue weighted by Gasteiger charge is 2.45. The van der Waals surface area contributed by atoms with Crippen LogP contribution in [0.5, 0.6) is 0 Å². The molecule has 3 aliphatic rings. The van der Waals surface area contributed by atoms with Crippen LogP contribution in [0.3, 0.4) is 0 Å². The molecule has 2 N–H and O–H groups in total. The number of aromatic nitrogens is 2. The van der Waals surface area contributed by atoms with E-state index in [1.54, 1.807) is 0 Å². The van der Waals surface area contributed by atoms with Crippen molar-refractivity contribution in [3.8, 4) is 0 Å². The van der Waals surface area contributed by atoms with Crippen LogP contribution in [0.25, 0.3) is 0 Å². The van der Waals surface area contributed by atoms with Gasteiger partial charge in [0.1, 0.15) is 0 Å². The summed E-state index contributed by atoms with van der Waals surface area (Å²) in [7, 11) is 0. The number of carboxylic acids is 2. The van der Waals surface area contributed by atoms with Crippen LogP contribution in [0.4, 0.5) is 32.3 Å². The number of hydrogen-bond donors (Lipinski definition) is 2. The molecule has 1 unspecified atom stereocenters. The molecule has 0 aliphatic carbocycles. The molecule has 4 heterocycles. The van der Waals surface area contributed by atoms with Crippen molar-refractivity contribution < 1.29 is 50.9 Å². The predicted octanol–water partition coefficient (Wildman–Crippen LogP) is 2.97. The van der Waals surface area contributed by atoms with Gasteiger partial charge in [-0.3, -0.25) is 4.90 Å². The van der Waals surface area contributed by atoms with Crippen molar-refractivity contribution in [3.63, 3.8) is 0 Å². The summed E-state index contributed by atoms with van der Waals surface area (Å²) in [6, 6.07) is 2.53. The fourth-order valence-electron chi connectivity index (χ4n) is 4.08. The quantitative estimate of drug-likeness (QED) is 0.573. The molecule has 0 radical (unpaired) electrons. The van der Waals surface area contributed by atoms with Crippen molar-refractivity contribution in [1.29, 1.82) is 0 Å². The summed E-state index contributed by atoms with van der Waals surface area (Å²) in [4.78, 5) is 31.4. The number of carbonyl (C=O) groups is 2. The average molecular weight is 516 g/mol. The first-order valence-corrected chi connectivity index (χ1v) is 10.7. The van der Waals surface area contributed by atoms with E-state index in [0.29, 0.717) is 6.04 Å². The molecular formula is C20H26F6N4O5. The van der Waals surface area contributed by atoms with E-state index in [9.17, 15) is 26.3 Å². The largest absolute Gasteiger partial charge is 0.490 e. The van der Waals surface area contributed by atoms with Gasteiger partial charge in [0.2, 0.25) is 5.95 Å². The average Bonchev–Trinajstić information content (AvgIpc) is 3.45. The van der Waals surface area contributed by atoms with Gasteiger partial charge in [-0.05, 0) is 51.3 Å². The Labute approximate surface area is 196 Å². The zero-order valence-electron chi connectivity index (χ0n) is 18.6. The lowest BCUT2D eigenvalue weighted by atomic mass is 9.87. The fraction of sp³-hybridized carbons (Fsp3) is 0.700. The number of aliphatic carboxylic acids is 2. The second-order valence-electron chi connectivity index (χ2n) is 8.24. The zero-order valence-corrected chi connectivity index (χ0v) is 18.6. The number of carboxylic acid groups (broad SMARTS) is 2. The van der Waals surface area contributed by atoms with Crippen molar-refractivity contribution in [2.75, 3.05) is 37.7 Å². The number of ether oxygens (including phenoxy) is 1. The van der Waals surface area contributed by atoms with Gasteiger partial charge in [-0.1, -0.05) is 0 Å². The maximum atomic E-state index is 10.6. The van der Waals surface area contributed by atoms with E-state index in [1.165, 1.54) is 32.4 Å². The Morgan fingerprint density at radius 2 is 1.37 bits per heavy atom. The molecule has 4 rings (SSSR count). The van der Waals surface area contributed by atoms with E-state index in [-0.39, 0.29) is 5.60 Å². The summed E-state index contributed by atoms with van der Waals surface area (Å²) in [5.41, 5.74) is 0.124. The van der Waals surface area contributed by atoms with E-state index < -0.39 is 24.3 Å². The maximum absolute atomic E-state index is 10.6. The molecule has 0 saturated carbocycles. The number of hydrogen-bond acceptors (Lipinski definition) is 7. The first kappa shape index (κ1) is 28.6. The van der Waals surface area contributed by atoms with Gasteiger partial charge in [-0.2, -0.15) is 26.3 Å². The molecule has 1 aromatic heterocycles. The highest BCUT2D eigenvalue weighted by Crippen LogP contribution is 2.38. The van der Waals surface area contributed by atoms with Gasteiger partial charge in [0.15, 0.2) is 0 Å². The van der Waals surface area contributed by atoms with Gasteiger partial charge < -0.3 is 19.8 Å². The van der Waals surface area contributed by atoms with Crippen LogP contribution >= 0.6 is 0 Å². The molecule has 3 aliphatic heterocycles. The molecular weight excluding hydrogens is 490 g/mol. The Morgan fingerprint density at radius 1 is 0.914 bits per heavy atom. The second-order valence-corrected chi connectivity index (χ2v) is 8.24. The van der Waals surface area contributed by atoms with Crippen LogP contribution in [0.15, 0.2) is 18.5 Å². The number of halogens is 6. The number of anilines is 1. The Bertz CT molecular complexity index is 802. The molecule has 0 bridgehead atoms. The zero-order chi connectivity index (χ0) is 26.3. The lowest BCUT2D eigenvalue weighted by molar-refractivity contribution is -0.193. The highest BCUT2D eigenvalue weighted by molar-refractivity contribution is 5.73. The summed E-state index contributed by atoms with van der Waals surface area (Å²) in [6.07, 6.45) is -0.364. The molecule has 1 aromatic rings. The minimum atomic E-state index is -5.08. The fourth-order valence-corrected chi connectivity index (χ4v) is 4.08. The summed E-state index contributed by atoms with van der Waals surface area (Å²) in [6.45, 7) is 5.50. The van der Waals surface area contributed by atoms with Gasteiger partial charge in [0.05, 0.1) is 12.2 Å². The van der Waals surface area contributed by atoms with Gasteiger partial charge in [0, 0.05) is 31.5 Å². The third-order valence-electron chi connectivity index (χ3n) is 5.84. The Hall–Kier alpha value is -2.68. The predicted molar refractivity (Wildman–Crippen MR) is 109 cm³/mol. The molecule has 0 aromatic carbocycles. The Kier molecular flexibility index (Phi) is 9.66. The summed E-state index contributed by atoms with van der Waals surface area (Å²) < 4.78 is 69.8. The molecule has 0 amide bonds. The summed E-state index contributed by atoms with van der Waals surface area (Å²) in [5.74, 6) is -4.65. The van der Waals surface area contributed by atoms with Crippen molar-refractivity contribution >= 4 is 17.9 Å². The molecule has 9 nitrogen and oxygen atoms in total. The van der Waals surface area contributed by atoms with E-state index in [1.807, 2.05) is 18.5 Å². The third kappa shape index (κ3) is 8.80. The second kappa shape index (κ2) is 11.8. The van der Waals surface area contributed by atoms with E-state index in [2.05, 4.69) is 19.8 Å². The first-order valence-electron chi connectivity index (χ1n) is 10.7. The SMILES string of the molecule is O=C(O)C(F)(F)F.O=C(O)C(F)(F)F.c1cnc(N2CCC3(CC2)CC(N2CCCC2)CO3)nc1. The van der Waals surface area contributed by atoms with Crippen LogP contribution in [0, 0.1) is 0 Å². The Balaban J connectivity index is 0.000000257. The lowest BCUT2D eigenvalue weighted by Crippen LogP contribution is -2.45. The minimum Gasteiger partial charge on any atom is -0.475 e. The molecule has 1 atom stereocenters. The smallest absolute Gasteiger partial charge is 0.475 e. The molecule has 1 spiro atoms. The Morgan fingerprint density at radius 3 is 1.80 bits per heavy atom. The molecule has 15 heteroatoms. The van der Waals surface area contributed by atoms with Crippen LogP contribution in [0.1, 0.15) is 32.1 Å². The van der Waals surface area contributed by atoms with Gasteiger partial charge >= 0.3 is 24.3 Å². The van der Waals surface area contributed by atoms with Gasteiger partial charge in [-0.15, -0.1) is 0 Å². The minimum absolute atomic E-state index is 0.124. The molecule has 3 saturated heterocycles. The highest BCUT2D eigenvalue weighted by atomic mass is 19.4. The maximum Gasteiger partial charge on any atom is 0.490 e. The van der Waals surface area contributed by atoms with E-state index >= 15 is 0 Å². The molecule has 3 fully saturated rings. The summed E-state index contributed by atoms with van der Waals surface area (Å²) >= 11 is 0. The van der Waals surface area contributed by atoms with Crippen molar-refractivity contribution in [3.05, 3.63) is 18.5 Å². The molecule has 35 heavy (non-hydrogen) atoms. The lowest BCUT2D eigenvalue weighted by Gasteiger charge is -2.38. The standard InChI is InChI=1S/C16H24N4O.2C2HF3O2/c1-2-9-19(8-1)14-12-16(21-13-14)4-10-20(11-5-16)15-17-6-3-7-18-15;2*3-2(4,5)1(6)7/h3,6-7,14H,1-2,4-5,8-13H2;2*(H,6,7). The van der Waals surface area contributed by atoms with Crippen molar-refractivity contribution in [2.45, 2.75) is 56.1 Å². The number of rotatable bonds is 2.